The van der Waals surface area contributed by atoms with Crippen LogP contribution in [0.4, 0.5) is 5.69 Å². The highest BCUT2D eigenvalue weighted by molar-refractivity contribution is 7.89. The summed E-state index contributed by atoms with van der Waals surface area (Å²) in [4.78, 5) is -0.0000309. The zero-order valence-corrected chi connectivity index (χ0v) is 13.1. The van der Waals surface area contributed by atoms with E-state index in [1.54, 1.807) is 19.9 Å². The molecule has 0 bridgehead atoms. The molecule has 0 aromatic heterocycles. The summed E-state index contributed by atoms with van der Waals surface area (Å²) in [5.74, 6) is 0. The molecule has 0 radical (unpaired) electrons. The van der Waals surface area contributed by atoms with Crippen LogP contribution in [0, 0.1) is 6.92 Å². The molecule has 7 heteroatoms. The molecule has 0 spiro atoms. The van der Waals surface area contributed by atoms with Crippen molar-refractivity contribution >= 4 is 27.3 Å². The number of aliphatic hydroxyl groups is 1. The number of halogens is 1. The van der Waals surface area contributed by atoms with Crippen LogP contribution in [-0.4, -0.2) is 36.5 Å². The Hall–Kier alpha value is -0.820. The van der Waals surface area contributed by atoms with Gasteiger partial charge in [-0.15, -0.1) is 0 Å². The lowest BCUT2D eigenvalue weighted by molar-refractivity contribution is 0.00940. The van der Waals surface area contributed by atoms with Gasteiger partial charge in [-0.2, -0.15) is 4.31 Å². The molecule has 112 valence electrons. The first kappa shape index (κ1) is 15.6. The Morgan fingerprint density at radius 2 is 2.10 bits per heavy atom. The molecule has 0 saturated carbocycles. The third-order valence-corrected chi connectivity index (χ3v) is 5.89. The highest BCUT2D eigenvalue weighted by Crippen LogP contribution is 2.32. The molecule has 1 unspecified atom stereocenters. The zero-order chi connectivity index (χ0) is 15.1. The predicted molar refractivity (Wildman–Crippen MR) is 79.2 cm³/mol. The Bertz CT molecular complexity index is 629. The summed E-state index contributed by atoms with van der Waals surface area (Å²) in [5, 5.41) is 10.2. The molecule has 1 aliphatic rings. The number of anilines is 1. The number of nitrogens with zero attached hydrogens (tertiary/aromatic N) is 1. The summed E-state index contributed by atoms with van der Waals surface area (Å²) in [6, 6.07) is 2.93. The third kappa shape index (κ3) is 2.93. The van der Waals surface area contributed by atoms with E-state index in [-0.39, 0.29) is 16.5 Å². The second-order valence-corrected chi connectivity index (χ2v) is 7.89. The maximum atomic E-state index is 12.6. The minimum atomic E-state index is -3.74. The van der Waals surface area contributed by atoms with Crippen molar-refractivity contribution in [3.05, 3.63) is 22.7 Å². The molecule has 5 nitrogen and oxygen atoms in total. The molecule has 1 aromatic rings. The van der Waals surface area contributed by atoms with Gasteiger partial charge in [-0.05, 0) is 44.4 Å². The molecule has 1 saturated heterocycles. The van der Waals surface area contributed by atoms with Crippen LogP contribution in [0.25, 0.3) is 0 Å². The second-order valence-electron chi connectivity index (χ2n) is 5.58. The number of sulfonamides is 1. The minimum Gasteiger partial charge on any atom is -0.398 e. The normalized spacial score (nSPS) is 24.8. The van der Waals surface area contributed by atoms with Crippen molar-refractivity contribution in [2.45, 2.75) is 37.2 Å². The first-order chi connectivity index (χ1) is 9.13. The molecule has 1 heterocycles. The summed E-state index contributed by atoms with van der Waals surface area (Å²) in [6.07, 6.45) is 1.20. The fourth-order valence-corrected chi connectivity index (χ4v) is 4.57. The number of nitrogens with two attached hydrogens (primary N) is 1. The molecular formula is C13H19ClN2O3S. The monoisotopic (exact) mass is 318 g/mol. The van der Waals surface area contributed by atoms with Gasteiger partial charge in [0.05, 0.1) is 10.6 Å². The first-order valence-corrected chi connectivity index (χ1v) is 8.23. The number of rotatable bonds is 2. The van der Waals surface area contributed by atoms with Crippen LogP contribution in [0.2, 0.25) is 5.02 Å². The molecular weight excluding hydrogens is 300 g/mol. The summed E-state index contributed by atoms with van der Waals surface area (Å²) < 4.78 is 26.5. The number of piperidine rings is 1. The van der Waals surface area contributed by atoms with Gasteiger partial charge in [0.2, 0.25) is 10.0 Å². The Kier molecular flexibility index (Phi) is 4.03. The SMILES string of the molecule is Cc1cc(Cl)c(S(=O)(=O)N2CCCC(C)(O)C2)cc1N. The van der Waals surface area contributed by atoms with E-state index in [0.29, 0.717) is 25.1 Å². The average molecular weight is 319 g/mol. The Labute approximate surface area is 124 Å². The van der Waals surface area contributed by atoms with Crippen molar-refractivity contribution in [1.29, 1.82) is 0 Å². The van der Waals surface area contributed by atoms with Crippen LogP contribution in [0.5, 0.6) is 0 Å². The number of benzene rings is 1. The molecule has 1 aliphatic heterocycles. The van der Waals surface area contributed by atoms with Crippen LogP contribution in [0.3, 0.4) is 0 Å². The van der Waals surface area contributed by atoms with Gasteiger partial charge in [-0.25, -0.2) is 8.42 Å². The van der Waals surface area contributed by atoms with Gasteiger partial charge in [0.25, 0.3) is 0 Å². The quantitative estimate of drug-likeness (QED) is 0.814. The third-order valence-electron chi connectivity index (χ3n) is 3.58. The summed E-state index contributed by atoms with van der Waals surface area (Å²) in [7, 11) is -3.74. The van der Waals surface area contributed by atoms with Crippen molar-refractivity contribution < 1.29 is 13.5 Å². The first-order valence-electron chi connectivity index (χ1n) is 6.42. The van der Waals surface area contributed by atoms with Crippen molar-refractivity contribution in [2.24, 2.45) is 0 Å². The maximum Gasteiger partial charge on any atom is 0.244 e. The van der Waals surface area contributed by atoms with E-state index < -0.39 is 15.6 Å². The van der Waals surface area contributed by atoms with Gasteiger partial charge in [-0.3, -0.25) is 0 Å². The number of β-amino-alcohol motifs (C(OH)–C–C–N with tert-alkyl or cyclic N) is 1. The van der Waals surface area contributed by atoms with E-state index in [1.807, 2.05) is 0 Å². The van der Waals surface area contributed by atoms with Gasteiger partial charge in [0.15, 0.2) is 0 Å². The summed E-state index contributed by atoms with van der Waals surface area (Å²) in [6.45, 7) is 3.85. The average Bonchev–Trinajstić information content (AvgIpc) is 2.32. The summed E-state index contributed by atoms with van der Waals surface area (Å²) >= 11 is 6.05. The van der Waals surface area contributed by atoms with Crippen molar-refractivity contribution in [2.75, 3.05) is 18.8 Å². The Balaban J connectivity index is 2.43. The number of aryl methyl sites for hydroxylation is 1. The van der Waals surface area contributed by atoms with Gasteiger partial charge >= 0.3 is 0 Å². The van der Waals surface area contributed by atoms with Crippen LogP contribution >= 0.6 is 11.6 Å². The fraction of sp³-hybridized carbons (Fsp3) is 0.538. The summed E-state index contributed by atoms with van der Waals surface area (Å²) in [5.41, 5.74) is 5.89. The van der Waals surface area contributed by atoms with E-state index in [4.69, 9.17) is 17.3 Å². The second kappa shape index (κ2) is 5.18. The van der Waals surface area contributed by atoms with E-state index in [1.165, 1.54) is 10.4 Å². The van der Waals surface area contributed by atoms with Gasteiger partial charge in [0.1, 0.15) is 4.90 Å². The van der Waals surface area contributed by atoms with E-state index in [2.05, 4.69) is 0 Å². The van der Waals surface area contributed by atoms with E-state index in [0.717, 1.165) is 5.56 Å². The molecule has 20 heavy (non-hydrogen) atoms. The highest BCUT2D eigenvalue weighted by atomic mass is 35.5. The molecule has 1 atom stereocenters. The Morgan fingerprint density at radius 3 is 2.70 bits per heavy atom. The number of hydrogen-bond donors (Lipinski definition) is 2. The van der Waals surface area contributed by atoms with Gasteiger partial charge in [-0.1, -0.05) is 11.6 Å². The number of hydrogen-bond acceptors (Lipinski definition) is 4. The smallest absolute Gasteiger partial charge is 0.244 e. The van der Waals surface area contributed by atoms with Crippen LogP contribution in [0.15, 0.2) is 17.0 Å². The van der Waals surface area contributed by atoms with Crippen molar-refractivity contribution in [1.82, 2.24) is 4.31 Å². The number of nitrogen functional groups attached to an aromatic ring is 1. The van der Waals surface area contributed by atoms with Crippen LogP contribution in [-0.2, 0) is 10.0 Å². The lowest BCUT2D eigenvalue weighted by Crippen LogP contribution is -2.48. The molecule has 3 N–H and O–H groups in total. The van der Waals surface area contributed by atoms with E-state index in [9.17, 15) is 13.5 Å². The largest absolute Gasteiger partial charge is 0.398 e. The predicted octanol–water partition coefficient (Wildman–Crippen LogP) is 1.77. The van der Waals surface area contributed by atoms with Crippen LogP contribution < -0.4 is 5.73 Å². The lowest BCUT2D eigenvalue weighted by Gasteiger charge is -2.36. The molecule has 1 aromatic carbocycles. The molecule has 0 aliphatic carbocycles. The lowest BCUT2D eigenvalue weighted by atomic mass is 9.97. The fourth-order valence-electron chi connectivity index (χ4n) is 2.38. The molecule has 0 amide bonds. The minimum absolute atomic E-state index is 0.0000309. The Morgan fingerprint density at radius 1 is 1.45 bits per heavy atom. The van der Waals surface area contributed by atoms with Gasteiger partial charge in [0, 0.05) is 18.8 Å². The van der Waals surface area contributed by atoms with Gasteiger partial charge < -0.3 is 10.8 Å². The van der Waals surface area contributed by atoms with Crippen molar-refractivity contribution in [3.63, 3.8) is 0 Å². The van der Waals surface area contributed by atoms with E-state index >= 15 is 0 Å². The topological polar surface area (TPSA) is 83.6 Å². The highest BCUT2D eigenvalue weighted by Gasteiger charge is 2.36. The van der Waals surface area contributed by atoms with Crippen LogP contribution in [0.1, 0.15) is 25.3 Å². The maximum absolute atomic E-state index is 12.6. The zero-order valence-electron chi connectivity index (χ0n) is 11.6. The molecule has 1 fully saturated rings. The standard InChI is InChI=1S/C13H19ClN2O3S/c1-9-6-10(14)12(7-11(9)15)20(18,19)16-5-3-4-13(2,17)8-16/h6-7,17H,3-5,8,15H2,1-2H3. The van der Waals surface area contributed by atoms with Crippen molar-refractivity contribution in [3.8, 4) is 0 Å². The molecule has 2 rings (SSSR count).